The van der Waals surface area contributed by atoms with Crippen molar-refractivity contribution >= 4 is 0 Å². The summed E-state index contributed by atoms with van der Waals surface area (Å²) in [5, 5.41) is 3.65. The van der Waals surface area contributed by atoms with E-state index in [0.717, 1.165) is 12.3 Å². The molecule has 3 nitrogen and oxygen atoms in total. The molecule has 0 saturated heterocycles. The molecule has 0 amide bonds. The van der Waals surface area contributed by atoms with Gasteiger partial charge in [-0.25, -0.2) is 0 Å². The highest BCUT2D eigenvalue weighted by Crippen LogP contribution is 2.37. The molecule has 0 aliphatic heterocycles. The molecule has 1 fully saturated rings. The van der Waals surface area contributed by atoms with Gasteiger partial charge in [0.25, 0.3) is 0 Å². The highest BCUT2D eigenvalue weighted by molar-refractivity contribution is 4.92. The van der Waals surface area contributed by atoms with Crippen LogP contribution in [0.5, 0.6) is 0 Å². The Hall–Kier alpha value is -0.690. The lowest BCUT2D eigenvalue weighted by atomic mass is 10.2. The standard InChI is InChI=1S/C7H13N3/c1-2-3-4-6-5-7(6)9-10-8/h6-7H,2-5H2,1H3. The number of azide groups is 1. The van der Waals surface area contributed by atoms with E-state index in [4.69, 9.17) is 5.53 Å². The zero-order valence-corrected chi connectivity index (χ0v) is 6.32. The second-order valence-corrected chi connectivity index (χ2v) is 2.91. The summed E-state index contributed by atoms with van der Waals surface area (Å²) in [5.74, 6) is 0.718. The van der Waals surface area contributed by atoms with E-state index in [2.05, 4.69) is 16.9 Å². The third kappa shape index (κ3) is 1.92. The second kappa shape index (κ2) is 3.47. The SMILES string of the molecule is CCCCC1CC1N=[N+]=[N-]. The first-order valence-electron chi connectivity index (χ1n) is 3.92. The number of unbranched alkanes of at least 4 members (excludes halogenated alkanes) is 1. The zero-order valence-electron chi connectivity index (χ0n) is 6.32. The van der Waals surface area contributed by atoms with E-state index in [1.165, 1.54) is 19.3 Å². The van der Waals surface area contributed by atoms with E-state index in [1.54, 1.807) is 0 Å². The molecule has 0 aromatic rings. The first-order valence-corrected chi connectivity index (χ1v) is 3.92. The highest BCUT2D eigenvalue weighted by atomic mass is 15.2. The fraction of sp³-hybridized carbons (Fsp3) is 1.00. The van der Waals surface area contributed by atoms with Gasteiger partial charge in [0, 0.05) is 11.0 Å². The predicted molar refractivity (Wildman–Crippen MR) is 40.6 cm³/mol. The number of hydrogen-bond acceptors (Lipinski definition) is 1. The lowest BCUT2D eigenvalue weighted by Gasteiger charge is -1.91. The molecule has 1 rings (SSSR count). The van der Waals surface area contributed by atoms with Crippen LogP contribution in [0, 0.1) is 5.92 Å². The number of nitrogens with zero attached hydrogens (tertiary/aromatic N) is 3. The molecule has 56 valence electrons. The maximum Gasteiger partial charge on any atom is 0.0405 e. The Morgan fingerprint density at radius 2 is 2.50 bits per heavy atom. The lowest BCUT2D eigenvalue weighted by molar-refractivity contribution is 0.637. The van der Waals surface area contributed by atoms with Crippen LogP contribution in [-0.4, -0.2) is 6.04 Å². The molecule has 2 atom stereocenters. The van der Waals surface area contributed by atoms with Gasteiger partial charge < -0.3 is 0 Å². The summed E-state index contributed by atoms with van der Waals surface area (Å²) in [5.41, 5.74) is 8.08. The minimum absolute atomic E-state index is 0.344. The molecule has 0 heterocycles. The highest BCUT2D eigenvalue weighted by Gasteiger charge is 2.34. The van der Waals surface area contributed by atoms with Gasteiger partial charge in [-0.05, 0) is 17.9 Å². The molecular formula is C7H13N3. The van der Waals surface area contributed by atoms with Crippen molar-refractivity contribution in [3.05, 3.63) is 10.4 Å². The van der Waals surface area contributed by atoms with Crippen LogP contribution in [0.2, 0.25) is 0 Å². The van der Waals surface area contributed by atoms with Crippen LogP contribution in [0.1, 0.15) is 32.6 Å². The summed E-state index contributed by atoms with van der Waals surface area (Å²) in [6.45, 7) is 2.19. The van der Waals surface area contributed by atoms with Crippen molar-refractivity contribution in [2.45, 2.75) is 38.6 Å². The van der Waals surface area contributed by atoms with Gasteiger partial charge in [-0.15, -0.1) is 0 Å². The molecule has 1 aliphatic rings. The smallest absolute Gasteiger partial charge is 0.0405 e. The maximum absolute atomic E-state index is 8.08. The molecule has 0 aromatic carbocycles. The minimum Gasteiger partial charge on any atom is -0.0903 e. The van der Waals surface area contributed by atoms with Crippen molar-refractivity contribution < 1.29 is 0 Å². The average molecular weight is 139 g/mol. The van der Waals surface area contributed by atoms with E-state index in [-0.39, 0.29) is 0 Å². The predicted octanol–water partition coefficient (Wildman–Crippen LogP) is 2.88. The lowest BCUT2D eigenvalue weighted by Crippen LogP contribution is -1.82. The Bertz CT molecular complexity index is 149. The normalized spacial score (nSPS) is 29.3. The van der Waals surface area contributed by atoms with E-state index >= 15 is 0 Å². The van der Waals surface area contributed by atoms with Gasteiger partial charge >= 0.3 is 0 Å². The Labute approximate surface area is 61.1 Å². The summed E-state index contributed by atoms with van der Waals surface area (Å²) < 4.78 is 0. The minimum atomic E-state index is 0.344. The van der Waals surface area contributed by atoms with Crippen LogP contribution in [0.15, 0.2) is 5.11 Å². The maximum atomic E-state index is 8.08. The van der Waals surface area contributed by atoms with Crippen molar-refractivity contribution in [2.24, 2.45) is 11.0 Å². The first-order chi connectivity index (χ1) is 4.88. The van der Waals surface area contributed by atoms with Gasteiger partial charge in [-0.1, -0.05) is 31.3 Å². The van der Waals surface area contributed by atoms with Crippen LogP contribution in [0.25, 0.3) is 10.4 Å². The Balaban J connectivity index is 2.07. The summed E-state index contributed by atoms with van der Waals surface area (Å²) in [7, 11) is 0. The topological polar surface area (TPSA) is 48.8 Å². The fourth-order valence-electron chi connectivity index (χ4n) is 1.22. The van der Waals surface area contributed by atoms with Gasteiger partial charge in [0.05, 0.1) is 0 Å². The molecule has 0 radical (unpaired) electrons. The van der Waals surface area contributed by atoms with Crippen LogP contribution in [0.4, 0.5) is 0 Å². The Morgan fingerprint density at radius 3 is 3.10 bits per heavy atom. The summed E-state index contributed by atoms with van der Waals surface area (Å²) >= 11 is 0. The van der Waals surface area contributed by atoms with Gasteiger partial charge in [0.2, 0.25) is 0 Å². The summed E-state index contributed by atoms with van der Waals surface area (Å²) in [6.07, 6.45) is 4.91. The monoisotopic (exact) mass is 139 g/mol. The molecule has 0 aromatic heterocycles. The third-order valence-electron chi connectivity index (χ3n) is 2.01. The van der Waals surface area contributed by atoms with Crippen molar-refractivity contribution in [2.75, 3.05) is 0 Å². The molecular weight excluding hydrogens is 126 g/mol. The van der Waals surface area contributed by atoms with E-state index in [9.17, 15) is 0 Å². The molecule has 0 N–H and O–H groups in total. The number of rotatable bonds is 4. The summed E-state index contributed by atoms with van der Waals surface area (Å²) in [4.78, 5) is 2.78. The molecule has 0 spiro atoms. The van der Waals surface area contributed by atoms with Crippen LogP contribution in [-0.2, 0) is 0 Å². The molecule has 1 saturated carbocycles. The van der Waals surface area contributed by atoms with Crippen molar-refractivity contribution in [3.8, 4) is 0 Å². The second-order valence-electron chi connectivity index (χ2n) is 2.91. The molecule has 0 bridgehead atoms. The number of hydrogen-bond donors (Lipinski definition) is 0. The van der Waals surface area contributed by atoms with Crippen molar-refractivity contribution in [1.82, 2.24) is 0 Å². The van der Waals surface area contributed by atoms with E-state index < -0.39 is 0 Å². The van der Waals surface area contributed by atoms with Gasteiger partial charge in [0.15, 0.2) is 0 Å². The molecule has 10 heavy (non-hydrogen) atoms. The molecule has 3 heteroatoms. The van der Waals surface area contributed by atoms with Crippen LogP contribution < -0.4 is 0 Å². The van der Waals surface area contributed by atoms with Gasteiger partial charge in [-0.2, -0.15) is 0 Å². The summed E-state index contributed by atoms with van der Waals surface area (Å²) in [6, 6.07) is 0.344. The van der Waals surface area contributed by atoms with E-state index in [1.807, 2.05) is 0 Å². The Morgan fingerprint density at radius 1 is 1.70 bits per heavy atom. The first kappa shape index (κ1) is 7.42. The van der Waals surface area contributed by atoms with Gasteiger partial charge in [-0.3, -0.25) is 0 Å². The molecule has 2 unspecified atom stereocenters. The van der Waals surface area contributed by atoms with Crippen LogP contribution >= 0.6 is 0 Å². The quantitative estimate of drug-likeness (QED) is 0.326. The van der Waals surface area contributed by atoms with Crippen LogP contribution in [0.3, 0.4) is 0 Å². The zero-order chi connectivity index (χ0) is 7.40. The largest absolute Gasteiger partial charge is 0.0903 e. The van der Waals surface area contributed by atoms with Crippen molar-refractivity contribution in [3.63, 3.8) is 0 Å². The average Bonchev–Trinajstić information content (AvgIpc) is 2.65. The van der Waals surface area contributed by atoms with E-state index in [0.29, 0.717) is 6.04 Å². The van der Waals surface area contributed by atoms with Gasteiger partial charge in [0.1, 0.15) is 0 Å². The fourth-order valence-corrected chi connectivity index (χ4v) is 1.22. The van der Waals surface area contributed by atoms with Crippen molar-refractivity contribution in [1.29, 1.82) is 0 Å². The third-order valence-corrected chi connectivity index (χ3v) is 2.01. The Kier molecular flexibility index (Phi) is 2.57. The molecule has 1 aliphatic carbocycles.